The molecular weight excluding hydrogens is 150 g/mol. The third kappa shape index (κ3) is 1.21. The predicted octanol–water partition coefficient (Wildman–Crippen LogP) is 1.58. The van der Waals surface area contributed by atoms with Crippen LogP contribution in [0, 0.1) is 6.92 Å². The normalized spacial score (nSPS) is 10.1. The van der Waals surface area contributed by atoms with E-state index < -0.39 is 0 Å². The summed E-state index contributed by atoms with van der Waals surface area (Å²) in [5, 5.41) is 4.03. The van der Waals surface area contributed by atoms with E-state index in [-0.39, 0.29) is 0 Å². The summed E-state index contributed by atoms with van der Waals surface area (Å²) in [4.78, 5) is 3.88. The second-order valence-corrected chi connectivity index (χ2v) is 2.68. The van der Waals surface area contributed by atoms with Gasteiger partial charge in [0.15, 0.2) is 0 Å². The topological polar surface area (TPSA) is 30.7 Å². The van der Waals surface area contributed by atoms with E-state index in [1.807, 2.05) is 12.1 Å². The first-order chi connectivity index (χ1) is 5.86. The SMILES string of the molecule is Cc1cccc(-n2cncn2)c1. The van der Waals surface area contributed by atoms with E-state index in [0.717, 1.165) is 5.69 Å². The first-order valence-corrected chi connectivity index (χ1v) is 3.78. The Bertz CT molecular complexity index is 365. The van der Waals surface area contributed by atoms with Gasteiger partial charge in [-0.2, -0.15) is 5.10 Å². The van der Waals surface area contributed by atoms with E-state index in [1.54, 1.807) is 11.0 Å². The van der Waals surface area contributed by atoms with Gasteiger partial charge in [-0.3, -0.25) is 0 Å². The maximum atomic E-state index is 4.03. The van der Waals surface area contributed by atoms with Gasteiger partial charge in [0.1, 0.15) is 12.7 Å². The van der Waals surface area contributed by atoms with Gasteiger partial charge in [-0.1, -0.05) is 12.1 Å². The van der Waals surface area contributed by atoms with Crippen molar-refractivity contribution in [3.63, 3.8) is 0 Å². The van der Waals surface area contributed by atoms with Crippen LogP contribution in [0.5, 0.6) is 0 Å². The van der Waals surface area contributed by atoms with Crippen LogP contribution in [-0.2, 0) is 0 Å². The van der Waals surface area contributed by atoms with E-state index in [0.29, 0.717) is 0 Å². The second-order valence-electron chi connectivity index (χ2n) is 2.68. The lowest BCUT2D eigenvalue weighted by Gasteiger charge is -1.99. The van der Waals surface area contributed by atoms with Crippen molar-refractivity contribution < 1.29 is 0 Å². The molecule has 0 aliphatic heterocycles. The van der Waals surface area contributed by atoms with Gasteiger partial charge in [0.2, 0.25) is 0 Å². The Kier molecular flexibility index (Phi) is 1.63. The van der Waals surface area contributed by atoms with Crippen molar-refractivity contribution in [2.24, 2.45) is 0 Å². The van der Waals surface area contributed by atoms with Gasteiger partial charge in [-0.25, -0.2) is 9.67 Å². The fourth-order valence-electron chi connectivity index (χ4n) is 1.11. The summed E-state index contributed by atoms with van der Waals surface area (Å²) in [6.45, 7) is 2.06. The number of rotatable bonds is 1. The minimum Gasteiger partial charge on any atom is -0.223 e. The molecule has 0 saturated carbocycles. The lowest BCUT2D eigenvalue weighted by Crippen LogP contribution is -1.93. The number of benzene rings is 1. The van der Waals surface area contributed by atoms with Crippen molar-refractivity contribution in [1.82, 2.24) is 14.8 Å². The fraction of sp³-hybridized carbons (Fsp3) is 0.111. The van der Waals surface area contributed by atoms with Crippen molar-refractivity contribution in [2.75, 3.05) is 0 Å². The maximum absolute atomic E-state index is 4.03. The average Bonchev–Trinajstić information content (AvgIpc) is 2.56. The summed E-state index contributed by atoms with van der Waals surface area (Å²) in [5.74, 6) is 0. The minimum atomic E-state index is 1.05. The molecular formula is C9H9N3. The molecule has 0 bridgehead atoms. The second kappa shape index (κ2) is 2.77. The highest BCUT2D eigenvalue weighted by atomic mass is 15.3. The molecule has 0 aliphatic rings. The zero-order valence-electron chi connectivity index (χ0n) is 6.81. The molecule has 0 spiro atoms. The van der Waals surface area contributed by atoms with E-state index >= 15 is 0 Å². The Morgan fingerprint density at radius 3 is 2.92 bits per heavy atom. The van der Waals surface area contributed by atoms with Gasteiger partial charge in [-0.15, -0.1) is 0 Å². The van der Waals surface area contributed by atoms with E-state index in [1.165, 1.54) is 11.9 Å². The van der Waals surface area contributed by atoms with Gasteiger partial charge < -0.3 is 0 Å². The molecule has 0 saturated heterocycles. The summed E-state index contributed by atoms with van der Waals surface area (Å²) < 4.78 is 1.74. The molecule has 0 fully saturated rings. The Hall–Kier alpha value is -1.64. The molecule has 2 rings (SSSR count). The molecule has 3 nitrogen and oxygen atoms in total. The molecule has 1 aromatic heterocycles. The molecule has 3 heteroatoms. The van der Waals surface area contributed by atoms with Gasteiger partial charge in [0.05, 0.1) is 5.69 Å². The summed E-state index contributed by atoms with van der Waals surface area (Å²) in [5.41, 5.74) is 2.27. The van der Waals surface area contributed by atoms with E-state index in [4.69, 9.17) is 0 Å². The van der Waals surface area contributed by atoms with Gasteiger partial charge in [0.25, 0.3) is 0 Å². The lowest BCUT2D eigenvalue weighted by atomic mass is 10.2. The quantitative estimate of drug-likeness (QED) is 0.632. The minimum absolute atomic E-state index is 1.05. The van der Waals surface area contributed by atoms with Crippen LogP contribution >= 0.6 is 0 Å². The summed E-state index contributed by atoms with van der Waals surface area (Å²) in [6, 6.07) is 8.13. The van der Waals surface area contributed by atoms with Crippen LogP contribution < -0.4 is 0 Å². The number of aryl methyl sites for hydroxylation is 1. The number of nitrogens with zero attached hydrogens (tertiary/aromatic N) is 3. The molecule has 0 atom stereocenters. The van der Waals surface area contributed by atoms with Crippen LogP contribution in [-0.4, -0.2) is 14.8 Å². The maximum Gasteiger partial charge on any atom is 0.138 e. The van der Waals surface area contributed by atoms with Gasteiger partial charge in [-0.05, 0) is 24.6 Å². The largest absolute Gasteiger partial charge is 0.223 e. The molecule has 1 aromatic carbocycles. The highest BCUT2D eigenvalue weighted by molar-refractivity contribution is 5.33. The van der Waals surface area contributed by atoms with Crippen LogP contribution in [0.4, 0.5) is 0 Å². The molecule has 60 valence electrons. The Labute approximate surface area is 70.7 Å². The Morgan fingerprint density at radius 1 is 1.33 bits per heavy atom. The molecule has 2 aromatic rings. The number of hydrogen-bond donors (Lipinski definition) is 0. The molecule has 0 N–H and O–H groups in total. The zero-order valence-corrected chi connectivity index (χ0v) is 6.81. The first kappa shape index (κ1) is 7.03. The molecule has 0 amide bonds. The monoisotopic (exact) mass is 159 g/mol. The van der Waals surface area contributed by atoms with Crippen LogP contribution in [0.25, 0.3) is 5.69 Å². The third-order valence-electron chi connectivity index (χ3n) is 1.68. The average molecular weight is 159 g/mol. The molecule has 12 heavy (non-hydrogen) atoms. The zero-order chi connectivity index (χ0) is 8.39. The lowest BCUT2D eigenvalue weighted by molar-refractivity contribution is 0.877. The van der Waals surface area contributed by atoms with Crippen LogP contribution in [0.1, 0.15) is 5.56 Å². The predicted molar refractivity (Wildman–Crippen MR) is 46.1 cm³/mol. The summed E-state index contributed by atoms with van der Waals surface area (Å²) in [7, 11) is 0. The van der Waals surface area contributed by atoms with E-state index in [9.17, 15) is 0 Å². The van der Waals surface area contributed by atoms with Crippen molar-refractivity contribution >= 4 is 0 Å². The molecule has 0 radical (unpaired) electrons. The standard InChI is InChI=1S/C9H9N3/c1-8-3-2-4-9(5-8)12-7-10-6-11-12/h2-7H,1H3. The molecule has 0 unspecified atom stereocenters. The Balaban J connectivity index is 2.48. The highest BCUT2D eigenvalue weighted by Crippen LogP contribution is 2.06. The van der Waals surface area contributed by atoms with Crippen LogP contribution in [0.2, 0.25) is 0 Å². The first-order valence-electron chi connectivity index (χ1n) is 3.78. The molecule has 0 aliphatic carbocycles. The van der Waals surface area contributed by atoms with Crippen molar-refractivity contribution in [3.05, 3.63) is 42.5 Å². The fourth-order valence-corrected chi connectivity index (χ4v) is 1.11. The van der Waals surface area contributed by atoms with Crippen molar-refractivity contribution in [1.29, 1.82) is 0 Å². The van der Waals surface area contributed by atoms with E-state index in [2.05, 4.69) is 29.1 Å². The van der Waals surface area contributed by atoms with Gasteiger partial charge >= 0.3 is 0 Å². The number of hydrogen-bond acceptors (Lipinski definition) is 2. The van der Waals surface area contributed by atoms with Crippen molar-refractivity contribution in [3.8, 4) is 5.69 Å². The highest BCUT2D eigenvalue weighted by Gasteiger charge is 1.94. The third-order valence-corrected chi connectivity index (χ3v) is 1.68. The Morgan fingerprint density at radius 2 is 2.25 bits per heavy atom. The van der Waals surface area contributed by atoms with Crippen LogP contribution in [0.3, 0.4) is 0 Å². The van der Waals surface area contributed by atoms with Gasteiger partial charge in [0, 0.05) is 0 Å². The van der Waals surface area contributed by atoms with Crippen molar-refractivity contribution in [2.45, 2.75) is 6.92 Å². The summed E-state index contributed by atoms with van der Waals surface area (Å²) >= 11 is 0. The summed E-state index contributed by atoms with van der Waals surface area (Å²) in [6.07, 6.45) is 3.22. The van der Waals surface area contributed by atoms with Crippen LogP contribution in [0.15, 0.2) is 36.9 Å². The number of aromatic nitrogens is 3. The smallest absolute Gasteiger partial charge is 0.138 e. The molecule has 1 heterocycles.